The molecule has 1 fully saturated rings. The lowest BCUT2D eigenvalue weighted by Gasteiger charge is -2.11. The van der Waals surface area contributed by atoms with Crippen molar-refractivity contribution in [3.8, 4) is 5.69 Å². The zero-order valence-corrected chi connectivity index (χ0v) is 28.9. The van der Waals surface area contributed by atoms with Crippen LogP contribution in [0.15, 0.2) is 72.0 Å². The minimum Gasteiger partial charge on any atom is -0.381 e. The lowest BCUT2D eigenvalue weighted by atomic mass is 9.96. The molecular weight excluding hydrogens is 584 g/mol. The number of benzene rings is 2. The summed E-state index contributed by atoms with van der Waals surface area (Å²) in [6, 6.07) is 14.7. The number of carbonyl (C=O) groups excluding carboxylic acids is 2. The molecule has 1 aliphatic rings. The normalized spacial score (nSPS) is 15.9. The molecular formula is C36H51FN5O2P. The summed E-state index contributed by atoms with van der Waals surface area (Å²) >= 11 is 0. The first kappa shape index (κ1) is 37.6. The minimum atomic E-state index is -0.194. The molecule has 9 heteroatoms. The van der Waals surface area contributed by atoms with E-state index in [2.05, 4.69) is 57.1 Å². The van der Waals surface area contributed by atoms with E-state index in [0.717, 1.165) is 54.6 Å². The number of aromatic nitrogens is 1. The van der Waals surface area contributed by atoms with Gasteiger partial charge in [0.15, 0.2) is 12.1 Å². The fourth-order valence-electron chi connectivity index (χ4n) is 5.03. The van der Waals surface area contributed by atoms with Crippen LogP contribution >= 0.6 is 8.58 Å². The van der Waals surface area contributed by atoms with Crippen molar-refractivity contribution in [3.63, 3.8) is 0 Å². The predicted molar refractivity (Wildman–Crippen MR) is 190 cm³/mol. The number of rotatable bonds is 11. The summed E-state index contributed by atoms with van der Waals surface area (Å²) in [6.07, 6.45) is 10.6. The number of aldehydes is 2. The van der Waals surface area contributed by atoms with E-state index >= 15 is 0 Å². The number of allylic oxidation sites excluding steroid dienone is 2. The van der Waals surface area contributed by atoms with Gasteiger partial charge >= 0.3 is 0 Å². The zero-order valence-electron chi connectivity index (χ0n) is 27.9. The Morgan fingerprint density at radius 3 is 2.33 bits per heavy atom. The van der Waals surface area contributed by atoms with Crippen molar-refractivity contribution in [1.29, 1.82) is 0 Å². The summed E-state index contributed by atoms with van der Waals surface area (Å²) in [4.78, 5) is 24.2. The van der Waals surface area contributed by atoms with Gasteiger partial charge in [-0.15, -0.1) is 0 Å². The van der Waals surface area contributed by atoms with Crippen LogP contribution in [-0.2, 0) is 4.79 Å². The highest BCUT2D eigenvalue weighted by atomic mass is 31.1. The van der Waals surface area contributed by atoms with Crippen LogP contribution in [0.1, 0.15) is 81.4 Å². The monoisotopic (exact) mass is 635 g/mol. The molecule has 45 heavy (non-hydrogen) atoms. The molecule has 3 aromatic rings. The lowest BCUT2D eigenvalue weighted by Crippen LogP contribution is -2.22. The summed E-state index contributed by atoms with van der Waals surface area (Å²) < 4.78 is 16.0. The fourth-order valence-corrected chi connectivity index (χ4v) is 6.05. The molecule has 3 unspecified atom stereocenters. The van der Waals surface area contributed by atoms with Gasteiger partial charge in [-0.25, -0.2) is 4.39 Å². The maximum Gasteiger partial charge on any atom is 0.168 e. The molecule has 0 aliphatic carbocycles. The highest BCUT2D eigenvalue weighted by Gasteiger charge is 2.28. The van der Waals surface area contributed by atoms with Gasteiger partial charge in [0.2, 0.25) is 0 Å². The number of nitrogens with one attached hydrogen (secondary N) is 1. The summed E-state index contributed by atoms with van der Waals surface area (Å²) in [6.45, 7) is 12.7. The number of nitrogens with zero attached hydrogens (tertiary/aromatic N) is 3. The van der Waals surface area contributed by atoms with E-state index < -0.39 is 0 Å². The first-order chi connectivity index (χ1) is 21.6. The number of carbonyl (C=O) groups is 2. The van der Waals surface area contributed by atoms with E-state index in [9.17, 15) is 14.0 Å². The van der Waals surface area contributed by atoms with Crippen LogP contribution in [0.25, 0.3) is 5.69 Å². The van der Waals surface area contributed by atoms with Crippen LogP contribution in [0, 0.1) is 17.7 Å². The molecule has 7 nitrogen and oxygen atoms in total. The molecule has 2 aromatic carbocycles. The van der Waals surface area contributed by atoms with Crippen LogP contribution in [0.2, 0.25) is 0 Å². The third-order valence-electron chi connectivity index (χ3n) is 7.06. The Labute approximate surface area is 270 Å². The van der Waals surface area contributed by atoms with Gasteiger partial charge in [-0.1, -0.05) is 86.0 Å². The quantitative estimate of drug-likeness (QED) is 0.0658. The number of hydrazone groups is 1. The summed E-state index contributed by atoms with van der Waals surface area (Å²) in [7, 11) is 3.98. The second-order valence-corrected chi connectivity index (χ2v) is 13.3. The van der Waals surface area contributed by atoms with E-state index in [1.807, 2.05) is 53.2 Å². The summed E-state index contributed by atoms with van der Waals surface area (Å²) in [5.74, 6) is 1.72. The highest BCUT2D eigenvalue weighted by molar-refractivity contribution is 7.55. The van der Waals surface area contributed by atoms with Gasteiger partial charge in [-0.3, -0.25) is 9.59 Å². The molecule has 0 bridgehead atoms. The van der Waals surface area contributed by atoms with Gasteiger partial charge in [0.05, 0.1) is 0 Å². The Bertz CT molecular complexity index is 1400. The number of amidine groups is 1. The second-order valence-electron chi connectivity index (χ2n) is 12.0. The first-order valence-electron chi connectivity index (χ1n) is 15.7. The van der Waals surface area contributed by atoms with Gasteiger partial charge in [0.25, 0.3) is 0 Å². The van der Waals surface area contributed by atoms with Crippen molar-refractivity contribution >= 4 is 37.6 Å². The third kappa shape index (κ3) is 12.0. The number of likely N-dealkylation sites (N-methyl/N-ethyl adjacent to an activating group) is 1. The van der Waals surface area contributed by atoms with Crippen molar-refractivity contribution in [2.75, 3.05) is 27.2 Å². The van der Waals surface area contributed by atoms with E-state index in [-0.39, 0.29) is 26.2 Å². The Morgan fingerprint density at radius 2 is 1.80 bits per heavy atom. The molecule has 3 N–H and O–H groups in total. The van der Waals surface area contributed by atoms with Crippen molar-refractivity contribution in [2.45, 2.75) is 59.8 Å². The van der Waals surface area contributed by atoms with Crippen molar-refractivity contribution in [2.24, 2.45) is 22.7 Å². The lowest BCUT2D eigenvalue weighted by molar-refractivity contribution is -0.104. The highest BCUT2D eigenvalue weighted by Crippen LogP contribution is 2.32. The topological polar surface area (TPSA) is 92.7 Å². The molecule has 3 atom stereocenters. The van der Waals surface area contributed by atoms with Gasteiger partial charge in [-0.05, 0) is 73.4 Å². The molecule has 0 radical (unpaired) electrons. The number of likely N-dealkylation sites (tertiary alicyclic amines) is 1. The van der Waals surface area contributed by atoms with E-state index in [4.69, 9.17) is 5.73 Å². The molecule has 2 heterocycles. The molecule has 0 spiro atoms. The average molecular weight is 636 g/mol. The molecule has 1 saturated heterocycles. The van der Waals surface area contributed by atoms with Crippen LogP contribution in [-0.4, -0.2) is 55.1 Å². The maximum atomic E-state index is 14.0. The van der Waals surface area contributed by atoms with Gasteiger partial charge in [-0.2, -0.15) is 5.10 Å². The Morgan fingerprint density at radius 1 is 1.13 bits per heavy atom. The van der Waals surface area contributed by atoms with Gasteiger partial charge in [0, 0.05) is 42.3 Å². The van der Waals surface area contributed by atoms with Crippen LogP contribution in [0.5, 0.6) is 0 Å². The number of hydrogen-bond acceptors (Lipinski definition) is 5. The molecule has 0 amide bonds. The Hall–Kier alpha value is -3.61. The number of halogens is 1. The predicted octanol–water partition coefficient (Wildman–Crippen LogP) is 6.16. The van der Waals surface area contributed by atoms with Gasteiger partial charge in [0.1, 0.15) is 17.8 Å². The van der Waals surface area contributed by atoms with Crippen molar-refractivity contribution in [3.05, 3.63) is 89.5 Å². The van der Waals surface area contributed by atoms with Crippen LogP contribution in [0.4, 0.5) is 4.39 Å². The SMILES string of the molecule is CC(C)C.CCCC(C)/C=C/C=O.CN/N=C(/N)c1c(C=O)c(C2CCN(C)C2)cn1-c1ccc(Pc2ccccc2F)cc1. The van der Waals surface area contributed by atoms with E-state index in [0.29, 0.717) is 22.5 Å². The standard InChI is InChI=1S/C24H27FN5OP.C8H14O.C4H10/c1-27-28-24(26)23-20(15-31)19(16-11-12-29(2)13-16)14-30(23)17-7-9-18(10-8-17)32-22-6-4-3-5-21(22)25;1-3-5-8(2)6-4-7-9;1-4(2)3/h3-10,14-16,27,32H,11-13H2,1-2H3,(H2,26,28);4,6-8H,3,5H2,1-2H3;4H,1-3H3/b;6-4+;. The summed E-state index contributed by atoms with van der Waals surface area (Å²) in [5, 5.41) is 5.85. The minimum absolute atomic E-state index is 0.194. The third-order valence-corrected chi connectivity index (χ3v) is 8.36. The maximum absolute atomic E-state index is 14.0. The Balaban J connectivity index is 0.000000458. The largest absolute Gasteiger partial charge is 0.381 e. The zero-order chi connectivity index (χ0) is 33.4. The smallest absolute Gasteiger partial charge is 0.168 e. The second kappa shape index (κ2) is 19.7. The fraction of sp³-hybridized carbons (Fsp3) is 0.417. The van der Waals surface area contributed by atoms with Crippen LogP contribution in [0.3, 0.4) is 0 Å². The number of nitrogens with two attached hydrogens (primary N) is 1. The van der Waals surface area contributed by atoms with Crippen molar-refractivity contribution < 1.29 is 14.0 Å². The van der Waals surface area contributed by atoms with E-state index in [1.165, 1.54) is 18.9 Å². The molecule has 244 valence electrons. The van der Waals surface area contributed by atoms with Gasteiger partial charge < -0.3 is 20.6 Å². The Kier molecular flexibility index (Phi) is 16.5. The van der Waals surface area contributed by atoms with Crippen molar-refractivity contribution in [1.82, 2.24) is 14.9 Å². The molecule has 1 aliphatic heterocycles. The number of hydrogen-bond donors (Lipinski definition) is 2. The molecule has 0 saturated carbocycles. The summed E-state index contributed by atoms with van der Waals surface area (Å²) in [5.41, 5.74) is 12.0. The van der Waals surface area contributed by atoms with Crippen LogP contribution < -0.4 is 21.8 Å². The first-order valence-corrected chi connectivity index (χ1v) is 16.7. The average Bonchev–Trinajstić information content (AvgIpc) is 3.61. The molecule has 1 aromatic heterocycles. The van der Waals surface area contributed by atoms with E-state index in [1.54, 1.807) is 19.2 Å². The molecule has 4 rings (SSSR count).